The lowest BCUT2D eigenvalue weighted by molar-refractivity contribution is -0.198. The quantitative estimate of drug-likeness (QED) is 0.792. The summed E-state index contributed by atoms with van der Waals surface area (Å²) < 4.78 is 5.18. The van der Waals surface area contributed by atoms with Crippen molar-refractivity contribution in [2.45, 2.75) is 32.0 Å². The van der Waals surface area contributed by atoms with Gasteiger partial charge in [-0.05, 0) is 30.0 Å². The Bertz CT molecular complexity index is 427. The Hall–Kier alpha value is -1.55. The van der Waals surface area contributed by atoms with E-state index in [4.69, 9.17) is 9.84 Å². The van der Waals surface area contributed by atoms with Crippen LogP contribution in [0.2, 0.25) is 0 Å². The van der Waals surface area contributed by atoms with Gasteiger partial charge in [-0.15, -0.1) is 0 Å². The molecular formula is C12H14O4. The standard InChI is InChI=1S/C12H14O4/c1-2-8-3-4-9-5-6-12(15,11(13)14)16-10(9)7-8/h3-4,7,15H,2,5-6H2,1H3,(H,13,14). The van der Waals surface area contributed by atoms with Crippen LogP contribution in [0.1, 0.15) is 24.5 Å². The van der Waals surface area contributed by atoms with Gasteiger partial charge in [-0.3, -0.25) is 0 Å². The van der Waals surface area contributed by atoms with Crippen molar-refractivity contribution in [2.75, 3.05) is 0 Å². The maximum atomic E-state index is 10.9. The van der Waals surface area contributed by atoms with Crippen molar-refractivity contribution >= 4 is 5.97 Å². The lowest BCUT2D eigenvalue weighted by Crippen LogP contribution is -2.47. The van der Waals surface area contributed by atoms with E-state index in [1.54, 1.807) is 6.07 Å². The average Bonchev–Trinajstić information content (AvgIpc) is 2.27. The molecule has 0 spiro atoms. The first kappa shape index (κ1) is 11.0. The highest BCUT2D eigenvalue weighted by Crippen LogP contribution is 2.33. The number of carboxylic acids is 1. The minimum absolute atomic E-state index is 0.0841. The molecule has 0 saturated carbocycles. The molecule has 86 valence electrons. The minimum atomic E-state index is -2.07. The maximum absolute atomic E-state index is 10.9. The minimum Gasteiger partial charge on any atom is -0.476 e. The van der Waals surface area contributed by atoms with Crippen LogP contribution in [0.15, 0.2) is 18.2 Å². The van der Waals surface area contributed by atoms with Gasteiger partial charge in [0.05, 0.1) is 0 Å². The van der Waals surface area contributed by atoms with E-state index >= 15 is 0 Å². The molecule has 4 nitrogen and oxygen atoms in total. The smallest absolute Gasteiger partial charge is 0.377 e. The Labute approximate surface area is 93.5 Å². The van der Waals surface area contributed by atoms with Gasteiger partial charge >= 0.3 is 11.8 Å². The van der Waals surface area contributed by atoms with Gasteiger partial charge in [0.1, 0.15) is 5.75 Å². The number of benzene rings is 1. The van der Waals surface area contributed by atoms with Crippen LogP contribution in [0.25, 0.3) is 0 Å². The zero-order valence-electron chi connectivity index (χ0n) is 9.06. The summed E-state index contributed by atoms with van der Waals surface area (Å²) in [4.78, 5) is 10.9. The van der Waals surface area contributed by atoms with Crippen LogP contribution in [0, 0.1) is 0 Å². The molecule has 0 saturated heterocycles. The molecule has 2 N–H and O–H groups in total. The molecule has 1 aromatic carbocycles. The lowest BCUT2D eigenvalue weighted by Gasteiger charge is -2.30. The summed E-state index contributed by atoms with van der Waals surface area (Å²) in [6.45, 7) is 2.01. The van der Waals surface area contributed by atoms with E-state index in [0.717, 1.165) is 17.5 Å². The van der Waals surface area contributed by atoms with E-state index in [1.165, 1.54) is 0 Å². The molecule has 16 heavy (non-hydrogen) atoms. The monoisotopic (exact) mass is 222 g/mol. The van der Waals surface area contributed by atoms with Gasteiger partial charge < -0.3 is 14.9 Å². The topological polar surface area (TPSA) is 66.8 Å². The summed E-state index contributed by atoms with van der Waals surface area (Å²) in [5.74, 6) is -2.92. The Morgan fingerprint density at radius 1 is 1.56 bits per heavy atom. The molecule has 0 amide bonds. The third kappa shape index (κ3) is 1.76. The van der Waals surface area contributed by atoms with Gasteiger partial charge in [-0.2, -0.15) is 0 Å². The predicted molar refractivity (Wildman–Crippen MR) is 57.4 cm³/mol. The van der Waals surface area contributed by atoms with Crippen molar-refractivity contribution in [3.8, 4) is 5.75 Å². The van der Waals surface area contributed by atoms with Gasteiger partial charge in [0.15, 0.2) is 0 Å². The molecule has 0 fully saturated rings. The first-order chi connectivity index (χ1) is 7.55. The van der Waals surface area contributed by atoms with Gasteiger partial charge in [-0.25, -0.2) is 4.79 Å². The summed E-state index contributed by atoms with van der Waals surface area (Å²) >= 11 is 0. The Morgan fingerprint density at radius 2 is 2.31 bits per heavy atom. The fourth-order valence-electron chi connectivity index (χ4n) is 1.81. The molecule has 1 unspecified atom stereocenters. The summed E-state index contributed by atoms with van der Waals surface area (Å²) in [5, 5.41) is 18.6. The highest BCUT2D eigenvalue weighted by molar-refractivity contribution is 5.76. The molecule has 1 aromatic rings. The number of carboxylic acid groups (broad SMARTS) is 1. The Balaban J connectivity index is 2.35. The molecule has 0 radical (unpaired) electrons. The molecular weight excluding hydrogens is 208 g/mol. The lowest BCUT2D eigenvalue weighted by atomic mass is 9.98. The van der Waals surface area contributed by atoms with E-state index in [1.807, 2.05) is 19.1 Å². The first-order valence-electron chi connectivity index (χ1n) is 5.32. The number of aliphatic hydroxyl groups is 1. The summed E-state index contributed by atoms with van der Waals surface area (Å²) in [6.07, 6.45) is 1.45. The summed E-state index contributed by atoms with van der Waals surface area (Å²) in [6, 6.07) is 5.71. The van der Waals surface area contributed by atoms with Gasteiger partial charge in [0.25, 0.3) is 0 Å². The summed E-state index contributed by atoms with van der Waals surface area (Å²) in [7, 11) is 0. The molecule has 1 atom stereocenters. The molecule has 0 aromatic heterocycles. The van der Waals surface area contributed by atoms with Gasteiger partial charge in [0, 0.05) is 6.42 Å². The van der Waals surface area contributed by atoms with E-state index in [9.17, 15) is 9.90 Å². The zero-order chi connectivity index (χ0) is 11.8. The second-order valence-electron chi connectivity index (χ2n) is 3.99. The van der Waals surface area contributed by atoms with E-state index < -0.39 is 11.8 Å². The van der Waals surface area contributed by atoms with Crippen LogP contribution >= 0.6 is 0 Å². The number of hydrogen-bond donors (Lipinski definition) is 2. The largest absolute Gasteiger partial charge is 0.476 e. The van der Waals surface area contributed by atoms with Crippen molar-refractivity contribution in [2.24, 2.45) is 0 Å². The normalized spacial score (nSPS) is 23.4. The van der Waals surface area contributed by atoms with Crippen LogP contribution in [-0.2, 0) is 17.6 Å². The van der Waals surface area contributed by atoms with Crippen LogP contribution < -0.4 is 4.74 Å². The number of ether oxygens (including phenoxy) is 1. The third-order valence-electron chi connectivity index (χ3n) is 2.89. The van der Waals surface area contributed by atoms with Crippen molar-refractivity contribution in [3.05, 3.63) is 29.3 Å². The second kappa shape index (κ2) is 3.79. The van der Waals surface area contributed by atoms with E-state index in [-0.39, 0.29) is 6.42 Å². The first-order valence-corrected chi connectivity index (χ1v) is 5.32. The number of fused-ring (bicyclic) bond motifs is 1. The number of hydrogen-bond acceptors (Lipinski definition) is 3. The Morgan fingerprint density at radius 3 is 2.94 bits per heavy atom. The number of aliphatic carboxylic acids is 1. The average molecular weight is 222 g/mol. The molecule has 1 aliphatic heterocycles. The highest BCUT2D eigenvalue weighted by atomic mass is 16.6. The van der Waals surface area contributed by atoms with Crippen molar-refractivity contribution in [1.29, 1.82) is 0 Å². The molecule has 1 heterocycles. The molecule has 1 aliphatic rings. The van der Waals surface area contributed by atoms with E-state index in [0.29, 0.717) is 12.2 Å². The second-order valence-corrected chi connectivity index (χ2v) is 3.99. The van der Waals surface area contributed by atoms with Crippen LogP contribution in [-0.4, -0.2) is 22.0 Å². The van der Waals surface area contributed by atoms with Gasteiger partial charge in [-0.1, -0.05) is 19.1 Å². The SMILES string of the molecule is CCc1ccc2c(c1)OC(O)(C(=O)O)CC2. The fraction of sp³-hybridized carbons (Fsp3) is 0.417. The number of rotatable bonds is 2. The van der Waals surface area contributed by atoms with Gasteiger partial charge in [0.2, 0.25) is 0 Å². The van der Waals surface area contributed by atoms with Crippen molar-refractivity contribution < 1.29 is 19.7 Å². The number of carbonyl (C=O) groups is 1. The third-order valence-corrected chi connectivity index (χ3v) is 2.89. The molecule has 0 bridgehead atoms. The number of aryl methyl sites for hydroxylation is 2. The van der Waals surface area contributed by atoms with Crippen molar-refractivity contribution in [1.82, 2.24) is 0 Å². The Kier molecular flexibility index (Phi) is 2.59. The fourth-order valence-corrected chi connectivity index (χ4v) is 1.81. The zero-order valence-corrected chi connectivity index (χ0v) is 9.06. The molecule has 0 aliphatic carbocycles. The highest BCUT2D eigenvalue weighted by Gasteiger charge is 2.41. The van der Waals surface area contributed by atoms with Crippen LogP contribution in [0.4, 0.5) is 0 Å². The maximum Gasteiger partial charge on any atom is 0.377 e. The van der Waals surface area contributed by atoms with Crippen molar-refractivity contribution in [3.63, 3.8) is 0 Å². The molecule has 2 rings (SSSR count). The van der Waals surface area contributed by atoms with Crippen LogP contribution in [0.3, 0.4) is 0 Å². The summed E-state index contributed by atoms with van der Waals surface area (Å²) in [5.41, 5.74) is 2.01. The predicted octanol–water partition coefficient (Wildman–Crippen LogP) is 1.35. The molecule has 4 heteroatoms. The van der Waals surface area contributed by atoms with Crippen LogP contribution in [0.5, 0.6) is 5.75 Å². The van der Waals surface area contributed by atoms with E-state index in [2.05, 4.69) is 0 Å².